The zero-order chi connectivity index (χ0) is 11.6. The summed E-state index contributed by atoms with van der Waals surface area (Å²) >= 11 is 3.53. The molecule has 3 heteroatoms. The van der Waals surface area contributed by atoms with Gasteiger partial charge in [-0.1, -0.05) is 6.07 Å². The summed E-state index contributed by atoms with van der Waals surface area (Å²) in [6.07, 6.45) is 3.85. The molecule has 1 aromatic carbocycles. The molecule has 0 atom stereocenters. The van der Waals surface area contributed by atoms with E-state index in [2.05, 4.69) is 33.4 Å². The van der Waals surface area contributed by atoms with Gasteiger partial charge in [0.15, 0.2) is 0 Å². The average molecular weight is 284 g/mol. The number of halogens is 1. The van der Waals surface area contributed by atoms with Crippen LogP contribution in [0.3, 0.4) is 0 Å². The van der Waals surface area contributed by atoms with Crippen LogP contribution in [0.25, 0.3) is 0 Å². The standard InChI is InChI=1S/C13H18BrNO/c1-15-9-13(5-6-13)8-10-3-4-12(16-2)11(14)7-10/h3-4,7,15H,5-6,8-9H2,1-2H3. The molecular formula is C13H18BrNO. The number of nitrogens with one attached hydrogen (secondary N) is 1. The van der Waals surface area contributed by atoms with Crippen molar-refractivity contribution < 1.29 is 4.74 Å². The first-order valence-corrected chi connectivity index (χ1v) is 6.45. The van der Waals surface area contributed by atoms with Crippen LogP contribution in [0, 0.1) is 5.41 Å². The maximum Gasteiger partial charge on any atom is 0.133 e. The highest BCUT2D eigenvalue weighted by Crippen LogP contribution is 2.48. The monoisotopic (exact) mass is 283 g/mol. The predicted molar refractivity (Wildman–Crippen MR) is 70.0 cm³/mol. The van der Waals surface area contributed by atoms with Crippen LogP contribution in [0.1, 0.15) is 18.4 Å². The van der Waals surface area contributed by atoms with Crippen LogP contribution in [0.5, 0.6) is 5.75 Å². The minimum absolute atomic E-state index is 0.517. The number of benzene rings is 1. The highest BCUT2D eigenvalue weighted by Gasteiger charge is 2.41. The van der Waals surface area contributed by atoms with E-state index in [4.69, 9.17) is 4.74 Å². The smallest absolute Gasteiger partial charge is 0.133 e. The molecule has 0 bridgehead atoms. The minimum Gasteiger partial charge on any atom is -0.496 e. The first-order chi connectivity index (χ1) is 7.69. The fraction of sp³-hybridized carbons (Fsp3) is 0.538. The number of ether oxygens (including phenoxy) is 1. The van der Waals surface area contributed by atoms with Gasteiger partial charge in [0.25, 0.3) is 0 Å². The Balaban J connectivity index is 2.08. The molecule has 0 aromatic heterocycles. The molecule has 1 N–H and O–H groups in total. The van der Waals surface area contributed by atoms with Crippen molar-refractivity contribution in [2.75, 3.05) is 20.7 Å². The summed E-state index contributed by atoms with van der Waals surface area (Å²) in [6.45, 7) is 1.12. The van der Waals surface area contributed by atoms with E-state index < -0.39 is 0 Å². The van der Waals surface area contributed by atoms with Crippen LogP contribution in [-0.2, 0) is 6.42 Å². The Bertz CT molecular complexity index is 374. The average Bonchev–Trinajstić information content (AvgIpc) is 2.99. The fourth-order valence-electron chi connectivity index (χ4n) is 2.22. The lowest BCUT2D eigenvalue weighted by atomic mass is 9.96. The second-order valence-electron chi connectivity index (χ2n) is 4.68. The number of hydrogen-bond donors (Lipinski definition) is 1. The van der Waals surface area contributed by atoms with Gasteiger partial charge in [-0.2, -0.15) is 0 Å². The number of hydrogen-bond acceptors (Lipinski definition) is 2. The quantitative estimate of drug-likeness (QED) is 0.897. The molecular weight excluding hydrogens is 266 g/mol. The molecule has 2 rings (SSSR count). The van der Waals surface area contributed by atoms with Crippen molar-refractivity contribution in [1.82, 2.24) is 5.32 Å². The molecule has 16 heavy (non-hydrogen) atoms. The van der Waals surface area contributed by atoms with Crippen molar-refractivity contribution in [2.24, 2.45) is 5.41 Å². The van der Waals surface area contributed by atoms with Gasteiger partial charge in [-0.3, -0.25) is 0 Å². The molecule has 1 saturated carbocycles. The lowest BCUT2D eigenvalue weighted by Crippen LogP contribution is -2.21. The minimum atomic E-state index is 0.517. The van der Waals surface area contributed by atoms with E-state index >= 15 is 0 Å². The lowest BCUT2D eigenvalue weighted by molar-refractivity contribution is 0.411. The van der Waals surface area contributed by atoms with Gasteiger partial charge in [-0.05, 0) is 65.4 Å². The summed E-state index contributed by atoms with van der Waals surface area (Å²) in [5.41, 5.74) is 1.91. The van der Waals surface area contributed by atoms with E-state index in [1.165, 1.54) is 18.4 Å². The largest absolute Gasteiger partial charge is 0.496 e. The molecule has 1 aromatic rings. The summed E-state index contributed by atoms with van der Waals surface area (Å²) < 4.78 is 6.28. The van der Waals surface area contributed by atoms with E-state index in [1.807, 2.05) is 13.1 Å². The number of rotatable bonds is 5. The second-order valence-corrected chi connectivity index (χ2v) is 5.53. The summed E-state index contributed by atoms with van der Waals surface area (Å²) in [5.74, 6) is 0.905. The molecule has 0 radical (unpaired) electrons. The van der Waals surface area contributed by atoms with Gasteiger partial charge in [0.2, 0.25) is 0 Å². The highest BCUT2D eigenvalue weighted by molar-refractivity contribution is 9.10. The topological polar surface area (TPSA) is 21.3 Å². The van der Waals surface area contributed by atoms with Crippen LogP contribution in [0.4, 0.5) is 0 Å². The van der Waals surface area contributed by atoms with Crippen molar-refractivity contribution in [3.05, 3.63) is 28.2 Å². The van der Waals surface area contributed by atoms with Gasteiger partial charge in [-0.25, -0.2) is 0 Å². The highest BCUT2D eigenvalue weighted by atomic mass is 79.9. The van der Waals surface area contributed by atoms with E-state index in [9.17, 15) is 0 Å². The van der Waals surface area contributed by atoms with Crippen LogP contribution < -0.4 is 10.1 Å². The zero-order valence-corrected chi connectivity index (χ0v) is 11.4. The van der Waals surface area contributed by atoms with Crippen LogP contribution in [-0.4, -0.2) is 20.7 Å². The molecule has 0 spiro atoms. The van der Waals surface area contributed by atoms with E-state index in [1.54, 1.807) is 7.11 Å². The van der Waals surface area contributed by atoms with Crippen molar-refractivity contribution in [2.45, 2.75) is 19.3 Å². The first kappa shape index (κ1) is 11.9. The van der Waals surface area contributed by atoms with Gasteiger partial charge >= 0.3 is 0 Å². The molecule has 1 aliphatic carbocycles. The molecule has 0 amide bonds. The molecule has 0 heterocycles. The van der Waals surface area contributed by atoms with Gasteiger partial charge in [0, 0.05) is 6.54 Å². The molecule has 1 fully saturated rings. The molecule has 0 unspecified atom stereocenters. The first-order valence-electron chi connectivity index (χ1n) is 5.66. The molecule has 0 saturated heterocycles. The SMILES string of the molecule is CNCC1(Cc2ccc(OC)c(Br)c2)CC1. The van der Waals surface area contributed by atoms with Crippen molar-refractivity contribution in [1.29, 1.82) is 0 Å². The van der Waals surface area contributed by atoms with E-state index in [0.717, 1.165) is 23.2 Å². The second kappa shape index (κ2) is 4.76. The van der Waals surface area contributed by atoms with Crippen LogP contribution in [0.15, 0.2) is 22.7 Å². The Morgan fingerprint density at radius 3 is 2.69 bits per heavy atom. The van der Waals surface area contributed by atoms with Gasteiger partial charge < -0.3 is 10.1 Å². The Morgan fingerprint density at radius 1 is 1.44 bits per heavy atom. The van der Waals surface area contributed by atoms with Crippen LogP contribution in [0.2, 0.25) is 0 Å². The maximum absolute atomic E-state index is 5.23. The van der Waals surface area contributed by atoms with Crippen LogP contribution >= 0.6 is 15.9 Å². The van der Waals surface area contributed by atoms with Crippen molar-refractivity contribution in [3.63, 3.8) is 0 Å². The third kappa shape index (κ3) is 2.58. The lowest BCUT2D eigenvalue weighted by Gasteiger charge is -2.15. The molecule has 1 aliphatic rings. The molecule has 0 aliphatic heterocycles. The third-order valence-electron chi connectivity index (χ3n) is 3.30. The normalized spacial score (nSPS) is 17.2. The van der Waals surface area contributed by atoms with Crippen molar-refractivity contribution >= 4 is 15.9 Å². The van der Waals surface area contributed by atoms with Crippen molar-refractivity contribution in [3.8, 4) is 5.75 Å². The van der Waals surface area contributed by atoms with Gasteiger partial charge in [-0.15, -0.1) is 0 Å². The zero-order valence-electron chi connectivity index (χ0n) is 9.85. The molecule has 88 valence electrons. The Labute approximate surface area is 106 Å². The third-order valence-corrected chi connectivity index (χ3v) is 3.92. The summed E-state index contributed by atoms with van der Waals surface area (Å²) in [6, 6.07) is 6.38. The van der Waals surface area contributed by atoms with E-state index in [-0.39, 0.29) is 0 Å². The molecule has 2 nitrogen and oxygen atoms in total. The summed E-state index contributed by atoms with van der Waals surface area (Å²) in [7, 11) is 3.73. The summed E-state index contributed by atoms with van der Waals surface area (Å²) in [4.78, 5) is 0. The Hall–Kier alpha value is -0.540. The maximum atomic E-state index is 5.23. The predicted octanol–water partition coefficient (Wildman–Crippen LogP) is 3.00. The van der Waals surface area contributed by atoms with Gasteiger partial charge in [0.05, 0.1) is 11.6 Å². The Kier molecular flexibility index (Phi) is 3.55. The fourth-order valence-corrected chi connectivity index (χ4v) is 2.81. The van der Waals surface area contributed by atoms with Gasteiger partial charge in [0.1, 0.15) is 5.75 Å². The number of methoxy groups -OCH3 is 1. The summed E-state index contributed by atoms with van der Waals surface area (Å²) in [5, 5.41) is 3.29. The Morgan fingerprint density at radius 2 is 2.19 bits per heavy atom. The van der Waals surface area contributed by atoms with E-state index in [0.29, 0.717) is 5.41 Å².